The highest BCUT2D eigenvalue weighted by Crippen LogP contribution is 2.05. The van der Waals surface area contributed by atoms with Gasteiger partial charge in [-0.2, -0.15) is 0 Å². The van der Waals surface area contributed by atoms with E-state index in [2.05, 4.69) is 60.6 Å². The van der Waals surface area contributed by atoms with Crippen LogP contribution in [0.1, 0.15) is 25.0 Å². The number of nitrogens with one attached hydrogen (secondary N) is 2. The molecule has 0 saturated carbocycles. The quantitative estimate of drug-likeness (QED) is 0.592. The molecule has 1 aliphatic rings. The van der Waals surface area contributed by atoms with Crippen LogP contribution in [0.5, 0.6) is 0 Å². The third-order valence-corrected chi connectivity index (χ3v) is 4.14. The van der Waals surface area contributed by atoms with E-state index in [0.717, 1.165) is 51.9 Å². The number of rotatable bonds is 7. The van der Waals surface area contributed by atoms with Crippen molar-refractivity contribution in [1.29, 1.82) is 0 Å². The fraction of sp³-hybridized carbons (Fsp3) is 0.632. The lowest BCUT2D eigenvalue weighted by atomic mass is 10.1. The molecule has 0 amide bonds. The first-order valence-electron chi connectivity index (χ1n) is 9.05. The first-order valence-corrected chi connectivity index (χ1v) is 9.05. The summed E-state index contributed by atoms with van der Waals surface area (Å²) in [4.78, 5) is 7.18. The minimum Gasteiger partial charge on any atom is -0.379 e. The summed E-state index contributed by atoms with van der Waals surface area (Å²) in [6.07, 6.45) is 0. The SMILES string of the molecule is CCNC(=NCc1cccc(C)c1)NCC(C)CN1CCOCC1. The van der Waals surface area contributed by atoms with Gasteiger partial charge in [-0.1, -0.05) is 36.8 Å². The second-order valence-electron chi connectivity index (χ2n) is 6.58. The van der Waals surface area contributed by atoms with E-state index < -0.39 is 0 Å². The molecule has 0 spiro atoms. The van der Waals surface area contributed by atoms with Crippen molar-refractivity contribution in [3.05, 3.63) is 35.4 Å². The predicted molar refractivity (Wildman–Crippen MR) is 100 cm³/mol. The lowest BCUT2D eigenvalue weighted by molar-refractivity contribution is 0.0320. The summed E-state index contributed by atoms with van der Waals surface area (Å²) in [6, 6.07) is 8.52. The Kier molecular flexibility index (Phi) is 8.05. The Hall–Kier alpha value is -1.59. The summed E-state index contributed by atoms with van der Waals surface area (Å²) in [5.41, 5.74) is 2.52. The molecule has 134 valence electrons. The zero-order valence-corrected chi connectivity index (χ0v) is 15.3. The van der Waals surface area contributed by atoms with Crippen molar-refractivity contribution in [1.82, 2.24) is 15.5 Å². The van der Waals surface area contributed by atoms with E-state index in [0.29, 0.717) is 12.5 Å². The summed E-state index contributed by atoms with van der Waals surface area (Å²) < 4.78 is 5.41. The second-order valence-corrected chi connectivity index (χ2v) is 6.58. The van der Waals surface area contributed by atoms with Crippen LogP contribution in [0.2, 0.25) is 0 Å². The third kappa shape index (κ3) is 6.89. The van der Waals surface area contributed by atoms with E-state index in [1.807, 2.05) is 0 Å². The average molecular weight is 332 g/mol. The number of hydrogen-bond acceptors (Lipinski definition) is 3. The topological polar surface area (TPSA) is 48.9 Å². The molecule has 5 heteroatoms. The Labute approximate surface area is 146 Å². The molecule has 0 aliphatic carbocycles. The van der Waals surface area contributed by atoms with Crippen LogP contribution in [-0.4, -0.2) is 56.8 Å². The molecule has 1 heterocycles. The molecular weight excluding hydrogens is 300 g/mol. The van der Waals surface area contributed by atoms with Crippen molar-refractivity contribution in [3.8, 4) is 0 Å². The number of morpholine rings is 1. The van der Waals surface area contributed by atoms with E-state index >= 15 is 0 Å². The van der Waals surface area contributed by atoms with Gasteiger partial charge in [0.2, 0.25) is 0 Å². The van der Waals surface area contributed by atoms with Gasteiger partial charge in [0, 0.05) is 32.7 Å². The molecule has 2 rings (SSSR count). The summed E-state index contributed by atoms with van der Waals surface area (Å²) in [5, 5.41) is 6.81. The highest BCUT2D eigenvalue weighted by Gasteiger charge is 2.13. The van der Waals surface area contributed by atoms with Gasteiger partial charge in [0.15, 0.2) is 5.96 Å². The van der Waals surface area contributed by atoms with Crippen LogP contribution >= 0.6 is 0 Å². The van der Waals surface area contributed by atoms with Gasteiger partial charge in [-0.15, -0.1) is 0 Å². The fourth-order valence-electron chi connectivity index (χ4n) is 2.88. The number of hydrogen-bond donors (Lipinski definition) is 2. The number of benzene rings is 1. The maximum absolute atomic E-state index is 5.41. The number of aryl methyl sites for hydroxylation is 1. The normalized spacial score (nSPS) is 17.5. The van der Waals surface area contributed by atoms with Crippen LogP contribution in [0.15, 0.2) is 29.3 Å². The van der Waals surface area contributed by atoms with Crippen molar-refractivity contribution in [2.45, 2.75) is 27.3 Å². The Morgan fingerprint density at radius 1 is 1.29 bits per heavy atom. The second kappa shape index (κ2) is 10.3. The molecule has 2 N–H and O–H groups in total. The van der Waals surface area contributed by atoms with Crippen LogP contribution in [0.4, 0.5) is 0 Å². The minimum atomic E-state index is 0.575. The van der Waals surface area contributed by atoms with E-state index in [1.165, 1.54) is 11.1 Å². The Morgan fingerprint density at radius 3 is 2.79 bits per heavy atom. The Balaban J connectivity index is 1.80. The molecule has 1 atom stereocenters. The molecule has 24 heavy (non-hydrogen) atoms. The van der Waals surface area contributed by atoms with Crippen molar-refractivity contribution in [2.75, 3.05) is 45.9 Å². The van der Waals surface area contributed by atoms with Crippen molar-refractivity contribution >= 4 is 5.96 Å². The monoisotopic (exact) mass is 332 g/mol. The van der Waals surface area contributed by atoms with Crippen molar-refractivity contribution in [2.24, 2.45) is 10.9 Å². The zero-order chi connectivity index (χ0) is 17.2. The van der Waals surface area contributed by atoms with Gasteiger partial charge in [0.25, 0.3) is 0 Å². The number of aliphatic imine (C=N–C) groups is 1. The van der Waals surface area contributed by atoms with Gasteiger partial charge in [-0.3, -0.25) is 4.90 Å². The maximum Gasteiger partial charge on any atom is 0.191 e. The van der Waals surface area contributed by atoms with Crippen LogP contribution in [-0.2, 0) is 11.3 Å². The van der Waals surface area contributed by atoms with E-state index in [9.17, 15) is 0 Å². The first kappa shape index (κ1) is 18.7. The van der Waals surface area contributed by atoms with Gasteiger partial charge >= 0.3 is 0 Å². The van der Waals surface area contributed by atoms with Gasteiger partial charge in [-0.25, -0.2) is 4.99 Å². The molecular formula is C19H32N4O. The zero-order valence-electron chi connectivity index (χ0n) is 15.3. The van der Waals surface area contributed by atoms with Crippen LogP contribution in [0.3, 0.4) is 0 Å². The molecule has 0 radical (unpaired) electrons. The molecule has 1 aromatic carbocycles. The third-order valence-electron chi connectivity index (χ3n) is 4.14. The number of guanidine groups is 1. The van der Waals surface area contributed by atoms with E-state index in [1.54, 1.807) is 0 Å². The summed E-state index contributed by atoms with van der Waals surface area (Å²) >= 11 is 0. The smallest absolute Gasteiger partial charge is 0.191 e. The summed E-state index contributed by atoms with van der Waals surface area (Å²) in [5.74, 6) is 1.47. The molecule has 1 unspecified atom stereocenters. The molecule has 1 saturated heterocycles. The van der Waals surface area contributed by atoms with Gasteiger partial charge in [0.05, 0.1) is 19.8 Å². The van der Waals surface area contributed by atoms with Gasteiger partial charge in [0.1, 0.15) is 0 Å². The fourth-order valence-corrected chi connectivity index (χ4v) is 2.88. The number of nitrogens with zero attached hydrogens (tertiary/aromatic N) is 2. The predicted octanol–water partition coefficient (Wildman–Crippen LogP) is 2.02. The van der Waals surface area contributed by atoms with Gasteiger partial charge in [-0.05, 0) is 25.3 Å². The summed E-state index contributed by atoms with van der Waals surface area (Å²) in [7, 11) is 0. The highest BCUT2D eigenvalue weighted by molar-refractivity contribution is 5.79. The molecule has 1 aliphatic heterocycles. The first-order chi connectivity index (χ1) is 11.7. The molecule has 1 fully saturated rings. The Morgan fingerprint density at radius 2 is 2.08 bits per heavy atom. The standard InChI is InChI=1S/C19H32N4O/c1-4-20-19(22-14-18-7-5-6-16(2)12-18)21-13-17(3)15-23-8-10-24-11-9-23/h5-7,12,17H,4,8-11,13-15H2,1-3H3,(H2,20,21,22). The van der Waals surface area contributed by atoms with E-state index in [-0.39, 0.29) is 0 Å². The van der Waals surface area contributed by atoms with Crippen LogP contribution in [0.25, 0.3) is 0 Å². The summed E-state index contributed by atoms with van der Waals surface area (Å²) in [6.45, 7) is 13.9. The van der Waals surface area contributed by atoms with Crippen molar-refractivity contribution < 1.29 is 4.74 Å². The minimum absolute atomic E-state index is 0.575. The largest absolute Gasteiger partial charge is 0.379 e. The number of ether oxygens (including phenoxy) is 1. The highest BCUT2D eigenvalue weighted by atomic mass is 16.5. The molecule has 5 nitrogen and oxygen atoms in total. The lowest BCUT2D eigenvalue weighted by Crippen LogP contribution is -2.44. The van der Waals surface area contributed by atoms with Crippen LogP contribution < -0.4 is 10.6 Å². The molecule has 1 aromatic rings. The average Bonchev–Trinajstić information content (AvgIpc) is 2.58. The molecule has 0 bridgehead atoms. The lowest BCUT2D eigenvalue weighted by Gasteiger charge is -2.29. The van der Waals surface area contributed by atoms with Crippen molar-refractivity contribution in [3.63, 3.8) is 0 Å². The molecule has 0 aromatic heterocycles. The van der Waals surface area contributed by atoms with E-state index in [4.69, 9.17) is 9.73 Å². The maximum atomic E-state index is 5.41. The van der Waals surface area contributed by atoms with Gasteiger partial charge < -0.3 is 15.4 Å². The Bertz CT molecular complexity index is 512. The van der Waals surface area contributed by atoms with Crippen LogP contribution in [0, 0.1) is 12.8 Å².